The van der Waals surface area contributed by atoms with Crippen LogP contribution in [0.3, 0.4) is 0 Å². The van der Waals surface area contributed by atoms with Gasteiger partial charge in [-0.05, 0) is 24.5 Å². The van der Waals surface area contributed by atoms with Crippen LogP contribution in [0.4, 0.5) is 5.69 Å². The second-order valence-electron chi connectivity index (χ2n) is 3.80. The summed E-state index contributed by atoms with van der Waals surface area (Å²) in [6, 6.07) is 4.61. The summed E-state index contributed by atoms with van der Waals surface area (Å²) in [6.45, 7) is 3.77. The van der Waals surface area contributed by atoms with Crippen LogP contribution < -0.4 is 0 Å². The first-order valence-corrected chi connectivity index (χ1v) is 5.89. The Morgan fingerprint density at radius 2 is 2.16 bits per heavy atom. The van der Waals surface area contributed by atoms with Crippen molar-refractivity contribution in [1.29, 1.82) is 5.26 Å². The fourth-order valence-corrected chi connectivity index (χ4v) is 1.89. The lowest BCUT2D eigenvalue weighted by Crippen LogP contribution is -2.10. The molecule has 0 amide bonds. The van der Waals surface area contributed by atoms with Crippen molar-refractivity contribution in [2.75, 3.05) is 6.61 Å². The van der Waals surface area contributed by atoms with Crippen LogP contribution in [0.2, 0.25) is 0 Å². The Balaban J connectivity index is 3.25. The fraction of sp³-hybridized carbons (Fsp3) is 0.385. The minimum Gasteiger partial charge on any atom is -0.466 e. The standard InChI is InChI=1S/C13H14N2O4/c1-3-10-9(7-13(16)19-4-2)5-6-12(15(17)18)11(10)8-14/h5-6H,3-4,7H2,1-2H3. The molecular formula is C13H14N2O4. The summed E-state index contributed by atoms with van der Waals surface area (Å²) in [7, 11) is 0. The van der Waals surface area contributed by atoms with Gasteiger partial charge in [0.15, 0.2) is 0 Å². The SMILES string of the molecule is CCOC(=O)Cc1ccc([N+](=O)[O-])c(C#N)c1CC. The predicted octanol–water partition coefficient (Wildman–Crippen LogP) is 2.13. The van der Waals surface area contributed by atoms with Gasteiger partial charge < -0.3 is 4.74 Å². The molecule has 1 aromatic carbocycles. The predicted molar refractivity (Wildman–Crippen MR) is 67.5 cm³/mol. The van der Waals surface area contributed by atoms with Gasteiger partial charge in [0.05, 0.1) is 18.0 Å². The summed E-state index contributed by atoms with van der Waals surface area (Å²) in [6.07, 6.45) is 0.461. The highest BCUT2D eigenvalue weighted by atomic mass is 16.6. The topological polar surface area (TPSA) is 93.2 Å². The maximum Gasteiger partial charge on any atom is 0.310 e. The Hall–Kier alpha value is -2.42. The molecule has 0 saturated heterocycles. The van der Waals surface area contributed by atoms with E-state index in [0.29, 0.717) is 17.5 Å². The molecular weight excluding hydrogens is 248 g/mol. The lowest BCUT2D eigenvalue weighted by Gasteiger charge is -2.09. The monoisotopic (exact) mass is 262 g/mol. The van der Waals surface area contributed by atoms with Crippen LogP contribution in [0.5, 0.6) is 0 Å². The summed E-state index contributed by atoms with van der Waals surface area (Å²) in [5, 5.41) is 19.9. The third kappa shape index (κ3) is 3.28. The Morgan fingerprint density at radius 3 is 2.63 bits per heavy atom. The van der Waals surface area contributed by atoms with Gasteiger partial charge in [-0.1, -0.05) is 13.0 Å². The molecule has 0 radical (unpaired) electrons. The average Bonchev–Trinajstić information content (AvgIpc) is 2.37. The summed E-state index contributed by atoms with van der Waals surface area (Å²) < 4.78 is 4.84. The second kappa shape index (κ2) is 6.50. The highest BCUT2D eigenvalue weighted by Gasteiger charge is 2.20. The molecule has 1 aromatic rings. The molecule has 0 saturated carbocycles. The minimum absolute atomic E-state index is 0.0175. The number of rotatable bonds is 5. The number of nitriles is 1. The van der Waals surface area contributed by atoms with E-state index in [1.54, 1.807) is 13.8 Å². The van der Waals surface area contributed by atoms with Crippen LogP contribution >= 0.6 is 0 Å². The quantitative estimate of drug-likeness (QED) is 0.460. The molecule has 0 unspecified atom stereocenters. The van der Waals surface area contributed by atoms with Crippen LogP contribution in [-0.4, -0.2) is 17.5 Å². The Kier molecular flexibility index (Phi) is 5.01. The van der Waals surface area contributed by atoms with Crippen molar-refractivity contribution in [3.05, 3.63) is 38.9 Å². The van der Waals surface area contributed by atoms with Crippen LogP contribution in [0.1, 0.15) is 30.5 Å². The van der Waals surface area contributed by atoms with E-state index in [2.05, 4.69) is 0 Å². The Morgan fingerprint density at radius 1 is 1.47 bits per heavy atom. The van der Waals surface area contributed by atoms with Crippen molar-refractivity contribution >= 4 is 11.7 Å². The average molecular weight is 262 g/mol. The zero-order valence-electron chi connectivity index (χ0n) is 10.8. The van der Waals surface area contributed by atoms with Crippen molar-refractivity contribution in [2.24, 2.45) is 0 Å². The van der Waals surface area contributed by atoms with Gasteiger partial charge in [0.1, 0.15) is 11.6 Å². The third-order valence-corrected chi connectivity index (χ3v) is 2.69. The van der Waals surface area contributed by atoms with E-state index in [0.717, 1.165) is 0 Å². The van der Waals surface area contributed by atoms with Crippen LogP contribution in [0, 0.1) is 21.4 Å². The van der Waals surface area contributed by atoms with E-state index in [9.17, 15) is 14.9 Å². The van der Waals surface area contributed by atoms with Gasteiger partial charge in [-0.3, -0.25) is 14.9 Å². The molecule has 0 aliphatic carbocycles. The Bertz CT molecular complexity index is 546. The van der Waals surface area contributed by atoms with E-state index in [-0.39, 0.29) is 24.3 Å². The lowest BCUT2D eigenvalue weighted by atomic mass is 9.96. The van der Waals surface area contributed by atoms with Gasteiger partial charge in [-0.25, -0.2) is 0 Å². The number of hydrogen-bond donors (Lipinski definition) is 0. The van der Waals surface area contributed by atoms with Gasteiger partial charge in [0.2, 0.25) is 0 Å². The normalized spacial score (nSPS) is 9.74. The zero-order chi connectivity index (χ0) is 14.4. The molecule has 0 spiro atoms. The highest BCUT2D eigenvalue weighted by molar-refractivity contribution is 5.74. The smallest absolute Gasteiger partial charge is 0.310 e. The van der Waals surface area contributed by atoms with Crippen LogP contribution in [-0.2, 0) is 22.4 Å². The molecule has 19 heavy (non-hydrogen) atoms. The van der Waals surface area contributed by atoms with Gasteiger partial charge in [-0.15, -0.1) is 0 Å². The number of carbonyl (C=O) groups excluding carboxylic acids is 1. The number of benzene rings is 1. The number of esters is 1. The molecule has 0 fully saturated rings. The number of hydrogen-bond acceptors (Lipinski definition) is 5. The van der Waals surface area contributed by atoms with E-state index in [4.69, 9.17) is 10.00 Å². The molecule has 1 rings (SSSR count). The van der Waals surface area contributed by atoms with E-state index < -0.39 is 10.9 Å². The maximum atomic E-state index is 11.5. The van der Waals surface area contributed by atoms with Crippen molar-refractivity contribution < 1.29 is 14.5 Å². The van der Waals surface area contributed by atoms with E-state index in [1.165, 1.54) is 12.1 Å². The molecule has 0 bridgehead atoms. The van der Waals surface area contributed by atoms with Gasteiger partial charge in [0, 0.05) is 6.07 Å². The van der Waals surface area contributed by atoms with Crippen molar-refractivity contribution in [2.45, 2.75) is 26.7 Å². The van der Waals surface area contributed by atoms with Crippen molar-refractivity contribution in [1.82, 2.24) is 0 Å². The second-order valence-corrected chi connectivity index (χ2v) is 3.80. The molecule has 0 aromatic heterocycles. The summed E-state index contributed by atoms with van der Waals surface area (Å²) in [5.41, 5.74) is 0.925. The largest absolute Gasteiger partial charge is 0.466 e. The van der Waals surface area contributed by atoms with Crippen molar-refractivity contribution in [3.63, 3.8) is 0 Å². The summed E-state index contributed by atoms with van der Waals surface area (Å²) >= 11 is 0. The highest BCUT2D eigenvalue weighted by Crippen LogP contribution is 2.26. The molecule has 0 aliphatic heterocycles. The number of carbonyl (C=O) groups is 1. The van der Waals surface area contributed by atoms with E-state index >= 15 is 0 Å². The molecule has 0 heterocycles. The fourth-order valence-electron chi connectivity index (χ4n) is 1.89. The molecule has 0 atom stereocenters. The first-order chi connectivity index (χ1) is 9.04. The van der Waals surface area contributed by atoms with E-state index in [1.807, 2.05) is 6.07 Å². The van der Waals surface area contributed by atoms with Crippen LogP contribution in [0.15, 0.2) is 12.1 Å². The molecule has 0 aliphatic rings. The first-order valence-electron chi connectivity index (χ1n) is 5.89. The molecule has 6 heteroatoms. The van der Waals surface area contributed by atoms with Gasteiger partial charge in [-0.2, -0.15) is 5.26 Å². The number of nitrogens with zero attached hydrogens (tertiary/aromatic N) is 2. The maximum absolute atomic E-state index is 11.5. The minimum atomic E-state index is -0.591. The summed E-state index contributed by atoms with van der Waals surface area (Å²) in [4.78, 5) is 21.7. The van der Waals surface area contributed by atoms with Crippen molar-refractivity contribution in [3.8, 4) is 6.07 Å². The van der Waals surface area contributed by atoms with Crippen LogP contribution in [0.25, 0.3) is 0 Å². The number of ether oxygens (including phenoxy) is 1. The number of nitro groups is 1. The zero-order valence-corrected chi connectivity index (χ0v) is 10.8. The lowest BCUT2D eigenvalue weighted by molar-refractivity contribution is -0.385. The molecule has 100 valence electrons. The number of nitro benzene ring substituents is 1. The van der Waals surface area contributed by atoms with Gasteiger partial charge in [0.25, 0.3) is 5.69 Å². The molecule has 6 nitrogen and oxygen atoms in total. The Labute approximate surface area is 110 Å². The molecule has 0 N–H and O–H groups in total. The first kappa shape index (κ1) is 14.6. The third-order valence-electron chi connectivity index (χ3n) is 2.69. The van der Waals surface area contributed by atoms with Gasteiger partial charge >= 0.3 is 5.97 Å². The summed E-state index contributed by atoms with van der Waals surface area (Å²) in [5.74, 6) is -0.407.